The quantitative estimate of drug-likeness (QED) is 0.492. The van der Waals surface area contributed by atoms with Crippen molar-refractivity contribution in [3.8, 4) is 0 Å². The molecule has 1 N–H and O–H groups in total. The predicted molar refractivity (Wildman–Crippen MR) is 26.1 cm³/mol. The van der Waals surface area contributed by atoms with Crippen LogP contribution in [0.25, 0.3) is 0 Å². The number of H-pyrrole nitrogens is 1. The SMILES string of the molecule is S=c1n[c]nc[nH]1. The fraction of sp³-hybridized carbons (Fsp3) is 0. The second-order valence-electron chi connectivity index (χ2n) is 0.919. The van der Waals surface area contributed by atoms with E-state index in [1.807, 2.05) is 0 Å². The molecule has 1 aromatic rings. The van der Waals surface area contributed by atoms with Crippen LogP contribution in [0.4, 0.5) is 0 Å². The van der Waals surface area contributed by atoms with Crippen LogP contribution in [-0.2, 0) is 0 Å². The lowest BCUT2D eigenvalue weighted by Crippen LogP contribution is -1.79. The van der Waals surface area contributed by atoms with Gasteiger partial charge in [-0.05, 0) is 12.2 Å². The van der Waals surface area contributed by atoms with Gasteiger partial charge in [0.2, 0.25) is 6.33 Å². The molecular weight excluding hydrogens is 110 g/mol. The lowest BCUT2D eigenvalue weighted by atomic mass is 11.1. The highest BCUT2D eigenvalue weighted by Gasteiger charge is 1.68. The van der Waals surface area contributed by atoms with Gasteiger partial charge in [-0.2, -0.15) is 4.98 Å². The molecule has 4 heteroatoms. The van der Waals surface area contributed by atoms with Crippen molar-refractivity contribution in [2.75, 3.05) is 0 Å². The molecule has 0 unspecified atom stereocenters. The molecule has 0 aliphatic heterocycles. The summed E-state index contributed by atoms with van der Waals surface area (Å²) in [6.07, 6.45) is 3.77. The summed E-state index contributed by atoms with van der Waals surface area (Å²) in [5.41, 5.74) is 0. The smallest absolute Gasteiger partial charge is 0.202 e. The molecule has 0 saturated heterocycles. The highest BCUT2D eigenvalue weighted by Crippen LogP contribution is 1.67. The highest BCUT2D eigenvalue weighted by atomic mass is 32.1. The monoisotopic (exact) mass is 112 g/mol. The van der Waals surface area contributed by atoms with Crippen LogP contribution in [0, 0.1) is 11.1 Å². The third-order valence-electron chi connectivity index (χ3n) is 0.462. The lowest BCUT2D eigenvalue weighted by Gasteiger charge is -1.74. The Morgan fingerprint density at radius 3 is 3.00 bits per heavy atom. The van der Waals surface area contributed by atoms with E-state index in [9.17, 15) is 0 Å². The normalized spacial score (nSPS) is 8.57. The molecule has 1 radical (unpaired) electrons. The van der Waals surface area contributed by atoms with Crippen LogP contribution < -0.4 is 0 Å². The molecule has 1 aromatic heterocycles. The van der Waals surface area contributed by atoms with E-state index in [4.69, 9.17) is 0 Å². The third kappa shape index (κ3) is 1.04. The van der Waals surface area contributed by atoms with E-state index in [2.05, 4.69) is 33.5 Å². The summed E-state index contributed by atoms with van der Waals surface area (Å²) in [5.74, 6) is 0. The van der Waals surface area contributed by atoms with Crippen LogP contribution in [0.5, 0.6) is 0 Å². The molecule has 0 atom stereocenters. The number of nitrogens with zero attached hydrogens (tertiary/aromatic N) is 2. The Morgan fingerprint density at radius 1 is 1.86 bits per heavy atom. The van der Waals surface area contributed by atoms with Crippen molar-refractivity contribution in [1.29, 1.82) is 0 Å². The number of hydrogen-bond acceptors (Lipinski definition) is 3. The third-order valence-corrected chi connectivity index (χ3v) is 0.671. The summed E-state index contributed by atoms with van der Waals surface area (Å²) < 4.78 is 0.412. The molecule has 0 aromatic carbocycles. The summed E-state index contributed by atoms with van der Waals surface area (Å²) in [6, 6.07) is 0. The molecule has 0 aliphatic carbocycles. The Bertz CT molecular complexity index is 176. The first-order valence-electron chi connectivity index (χ1n) is 1.67. The van der Waals surface area contributed by atoms with Gasteiger partial charge >= 0.3 is 0 Å². The summed E-state index contributed by atoms with van der Waals surface area (Å²) in [7, 11) is 0. The van der Waals surface area contributed by atoms with Crippen molar-refractivity contribution < 1.29 is 0 Å². The molecule has 0 saturated carbocycles. The van der Waals surface area contributed by atoms with E-state index in [0.29, 0.717) is 4.77 Å². The second kappa shape index (κ2) is 1.79. The minimum absolute atomic E-state index is 0.412. The zero-order valence-corrected chi connectivity index (χ0v) is 4.20. The van der Waals surface area contributed by atoms with Gasteiger partial charge in [0, 0.05) is 0 Å². The van der Waals surface area contributed by atoms with Crippen LogP contribution in [-0.4, -0.2) is 15.0 Å². The first-order valence-corrected chi connectivity index (χ1v) is 2.08. The van der Waals surface area contributed by atoms with Gasteiger partial charge in [-0.15, -0.1) is 0 Å². The zero-order chi connectivity index (χ0) is 5.11. The number of aromatic nitrogens is 3. The maximum atomic E-state index is 4.57. The van der Waals surface area contributed by atoms with Gasteiger partial charge in [0.15, 0.2) is 4.77 Å². The Labute approximate surface area is 45.4 Å². The molecule has 35 valence electrons. The number of rotatable bonds is 0. The molecule has 0 spiro atoms. The Kier molecular flexibility index (Phi) is 1.12. The maximum absolute atomic E-state index is 4.57. The van der Waals surface area contributed by atoms with Crippen molar-refractivity contribution in [3.05, 3.63) is 17.4 Å². The van der Waals surface area contributed by atoms with E-state index in [1.165, 1.54) is 6.33 Å². The molecule has 0 aliphatic rings. The summed E-state index contributed by atoms with van der Waals surface area (Å²) in [4.78, 5) is 9.58. The van der Waals surface area contributed by atoms with Crippen molar-refractivity contribution in [3.63, 3.8) is 0 Å². The van der Waals surface area contributed by atoms with E-state index < -0.39 is 0 Å². The number of aromatic amines is 1. The Balaban J connectivity index is 3.28. The highest BCUT2D eigenvalue weighted by molar-refractivity contribution is 7.71. The minimum Gasteiger partial charge on any atom is -0.322 e. The average Bonchev–Trinajstić information content (AvgIpc) is 1.69. The number of hydrogen-bond donors (Lipinski definition) is 1. The van der Waals surface area contributed by atoms with Crippen LogP contribution in [0.2, 0.25) is 0 Å². The maximum Gasteiger partial charge on any atom is 0.202 e. The zero-order valence-electron chi connectivity index (χ0n) is 3.38. The first-order chi connectivity index (χ1) is 3.39. The van der Waals surface area contributed by atoms with Gasteiger partial charge in [0.05, 0.1) is 6.33 Å². The predicted octanol–water partition coefficient (Wildman–Crippen LogP) is 0.334. The lowest BCUT2D eigenvalue weighted by molar-refractivity contribution is 1.01. The van der Waals surface area contributed by atoms with Crippen molar-refractivity contribution in [1.82, 2.24) is 15.0 Å². The van der Waals surface area contributed by atoms with E-state index in [1.54, 1.807) is 0 Å². The van der Waals surface area contributed by atoms with Crippen molar-refractivity contribution >= 4 is 12.2 Å². The standard InChI is InChI=1S/C3H2N3S/c7-3-5-1-4-2-6-3/h1H,(H,4,5,6,7). The first kappa shape index (κ1) is 4.39. The van der Waals surface area contributed by atoms with Crippen LogP contribution in [0.3, 0.4) is 0 Å². The van der Waals surface area contributed by atoms with Crippen molar-refractivity contribution in [2.24, 2.45) is 0 Å². The molecule has 0 amide bonds. The van der Waals surface area contributed by atoms with Crippen LogP contribution in [0.1, 0.15) is 0 Å². The summed E-state index contributed by atoms with van der Waals surface area (Å²) in [6.45, 7) is 0. The molecule has 0 bridgehead atoms. The van der Waals surface area contributed by atoms with Gasteiger partial charge in [0.1, 0.15) is 0 Å². The van der Waals surface area contributed by atoms with Gasteiger partial charge < -0.3 is 4.98 Å². The molecule has 0 fully saturated rings. The van der Waals surface area contributed by atoms with E-state index >= 15 is 0 Å². The molecular formula is C3H2N3S. The summed E-state index contributed by atoms with van der Waals surface area (Å²) >= 11 is 4.57. The molecule has 3 nitrogen and oxygen atoms in total. The van der Waals surface area contributed by atoms with E-state index in [0.717, 1.165) is 0 Å². The van der Waals surface area contributed by atoms with Gasteiger partial charge in [-0.1, -0.05) is 0 Å². The largest absolute Gasteiger partial charge is 0.322 e. The molecule has 1 rings (SSSR count). The second-order valence-corrected chi connectivity index (χ2v) is 1.31. The topological polar surface area (TPSA) is 41.6 Å². The van der Waals surface area contributed by atoms with Crippen LogP contribution >= 0.6 is 12.2 Å². The Hall–Kier alpha value is -0.770. The van der Waals surface area contributed by atoms with Crippen molar-refractivity contribution in [2.45, 2.75) is 0 Å². The fourth-order valence-corrected chi connectivity index (χ4v) is 0.316. The van der Waals surface area contributed by atoms with Gasteiger partial charge in [0.25, 0.3) is 0 Å². The minimum atomic E-state index is 0.412. The summed E-state index contributed by atoms with van der Waals surface area (Å²) in [5, 5.41) is 0. The average molecular weight is 112 g/mol. The number of nitrogens with one attached hydrogen (secondary N) is 1. The van der Waals surface area contributed by atoms with Crippen LogP contribution in [0.15, 0.2) is 6.33 Å². The van der Waals surface area contributed by atoms with Gasteiger partial charge in [-0.3, -0.25) is 0 Å². The Morgan fingerprint density at radius 2 is 2.71 bits per heavy atom. The molecule has 1 heterocycles. The fourth-order valence-electron chi connectivity index (χ4n) is 0.223. The van der Waals surface area contributed by atoms with E-state index in [-0.39, 0.29) is 0 Å². The molecule has 7 heavy (non-hydrogen) atoms. The van der Waals surface area contributed by atoms with Gasteiger partial charge in [-0.25, -0.2) is 4.98 Å².